The second-order valence-electron chi connectivity index (χ2n) is 5.92. The van der Waals surface area contributed by atoms with Gasteiger partial charge in [0.2, 0.25) is 15.0 Å². The Hall–Kier alpha value is -1.87. The molecular weight excluding hydrogens is 360 g/mol. The van der Waals surface area contributed by atoms with Crippen molar-refractivity contribution in [1.29, 1.82) is 0 Å². The highest BCUT2D eigenvalue weighted by Crippen LogP contribution is 2.25. The first-order chi connectivity index (χ1) is 11.9. The zero-order chi connectivity index (χ0) is 18.0. The molecule has 3 rings (SSSR count). The largest absolute Gasteiger partial charge is 0.338 e. The van der Waals surface area contributed by atoms with Gasteiger partial charge < -0.3 is 9.47 Å². The summed E-state index contributed by atoms with van der Waals surface area (Å²) >= 11 is 1.43. The first-order valence-corrected chi connectivity index (χ1v) is 10.7. The third-order valence-corrected chi connectivity index (χ3v) is 7.36. The van der Waals surface area contributed by atoms with E-state index in [0.29, 0.717) is 36.5 Å². The minimum Gasteiger partial charge on any atom is -0.338 e. The summed E-state index contributed by atoms with van der Waals surface area (Å²) in [5.74, 6) is -0.0923. The van der Waals surface area contributed by atoms with Crippen LogP contribution >= 0.6 is 11.8 Å². The number of nitrogens with zero attached hydrogens (tertiary/aromatic N) is 4. The molecule has 1 amide bonds. The fourth-order valence-corrected chi connectivity index (χ4v) is 5.37. The molecular formula is C16H20N4O3S2. The number of hydrogen-bond donors (Lipinski definition) is 0. The molecule has 1 saturated heterocycles. The molecule has 9 heteroatoms. The number of imidazole rings is 1. The molecule has 0 saturated carbocycles. The van der Waals surface area contributed by atoms with Gasteiger partial charge in [-0.3, -0.25) is 4.79 Å². The molecule has 2 aromatic heterocycles. The Morgan fingerprint density at radius 1 is 1.24 bits per heavy atom. The number of hydrogen-bond acceptors (Lipinski definition) is 6. The average molecular weight is 380 g/mol. The Morgan fingerprint density at radius 2 is 1.96 bits per heavy atom. The summed E-state index contributed by atoms with van der Waals surface area (Å²) in [6.45, 7) is 0.825. The third kappa shape index (κ3) is 3.43. The molecule has 1 aliphatic heterocycles. The minimum atomic E-state index is -3.48. The van der Waals surface area contributed by atoms with E-state index in [1.807, 2.05) is 6.26 Å². The molecule has 2 aromatic rings. The van der Waals surface area contributed by atoms with Gasteiger partial charge in [-0.2, -0.15) is 0 Å². The van der Waals surface area contributed by atoms with Crippen LogP contribution in [0, 0.1) is 0 Å². The fraction of sp³-hybridized carbons (Fsp3) is 0.438. The standard InChI is InChI=1S/C16H20N4O3S2/c1-19-11-8-18-16(19)25(22,23)12-5-9-20(10-6-12)15(21)13-4-3-7-17-14(13)24-2/h3-4,7-8,11-12H,5-6,9-10H2,1-2H3. The lowest BCUT2D eigenvalue weighted by Gasteiger charge is -2.31. The SMILES string of the molecule is CSc1ncccc1C(=O)N1CCC(S(=O)(=O)c2nccn2C)CC1. The van der Waals surface area contributed by atoms with Crippen LogP contribution in [-0.2, 0) is 16.9 Å². The molecule has 0 radical (unpaired) electrons. The van der Waals surface area contributed by atoms with Gasteiger partial charge in [0.15, 0.2) is 0 Å². The van der Waals surface area contributed by atoms with E-state index < -0.39 is 15.1 Å². The number of carbonyl (C=O) groups excluding carboxylic acids is 1. The quantitative estimate of drug-likeness (QED) is 0.749. The van der Waals surface area contributed by atoms with Crippen LogP contribution in [0.2, 0.25) is 0 Å². The van der Waals surface area contributed by atoms with Gasteiger partial charge in [0.05, 0.1) is 10.8 Å². The minimum absolute atomic E-state index is 0.0919. The molecule has 1 aliphatic rings. The molecule has 0 aliphatic carbocycles. The van der Waals surface area contributed by atoms with Crippen molar-refractivity contribution >= 4 is 27.5 Å². The molecule has 7 nitrogen and oxygen atoms in total. The van der Waals surface area contributed by atoms with Crippen molar-refractivity contribution in [2.45, 2.75) is 28.3 Å². The Kier molecular flexibility index (Phi) is 5.14. The van der Waals surface area contributed by atoms with Gasteiger partial charge in [0.1, 0.15) is 5.03 Å². The van der Waals surface area contributed by atoms with Crippen LogP contribution in [0.3, 0.4) is 0 Å². The summed E-state index contributed by atoms with van der Waals surface area (Å²) in [6.07, 6.45) is 7.47. The van der Waals surface area contributed by atoms with E-state index in [-0.39, 0.29) is 11.1 Å². The summed E-state index contributed by atoms with van der Waals surface area (Å²) in [6, 6.07) is 3.50. The number of rotatable bonds is 4. The van der Waals surface area contributed by atoms with E-state index in [9.17, 15) is 13.2 Å². The molecule has 0 spiro atoms. The zero-order valence-corrected chi connectivity index (χ0v) is 15.8. The highest BCUT2D eigenvalue weighted by molar-refractivity contribution is 7.98. The average Bonchev–Trinajstić information content (AvgIpc) is 3.08. The van der Waals surface area contributed by atoms with Crippen molar-refractivity contribution in [3.63, 3.8) is 0 Å². The van der Waals surface area contributed by atoms with Crippen LogP contribution in [0.15, 0.2) is 40.9 Å². The maximum absolute atomic E-state index is 12.7. The van der Waals surface area contributed by atoms with Crippen LogP contribution < -0.4 is 0 Å². The first kappa shape index (κ1) is 17.9. The Balaban J connectivity index is 1.72. The number of amides is 1. The maximum atomic E-state index is 12.7. The summed E-state index contributed by atoms with van der Waals surface area (Å²) in [5.41, 5.74) is 0.570. The van der Waals surface area contributed by atoms with Crippen molar-refractivity contribution in [3.05, 3.63) is 36.3 Å². The van der Waals surface area contributed by atoms with Gasteiger partial charge in [-0.15, -0.1) is 11.8 Å². The van der Waals surface area contributed by atoms with E-state index in [1.165, 1.54) is 22.5 Å². The van der Waals surface area contributed by atoms with E-state index in [1.54, 1.807) is 36.5 Å². The number of sulfone groups is 1. The van der Waals surface area contributed by atoms with Crippen molar-refractivity contribution in [1.82, 2.24) is 19.4 Å². The molecule has 0 atom stereocenters. The molecule has 0 unspecified atom stereocenters. The molecule has 25 heavy (non-hydrogen) atoms. The number of pyridine rings is 1. The summed E-state index contributed by atoms with van der Waals surface area (Å²) in [7, 11) is -1.81. The Morgan fingerprint density at radius 3 is 2.56 bits per heavy atom. The highest BCUT2D eigenvalue weighted by atomic mass is 32.2. The van der Waals surface area contributed by atoms with E-state index >= 15 is 0 Å². The predicted molar refractivity (Wildman–Crippen MR) is 95.3 cm³/mol. The van der Waals surface area contributed by atoms with Gasteiger partial charge in [-0.05, 0) is 31.2 Å². The number of aromatic nitrogens is 3. The number of aryl methyl sites for hydroxylation is 1. The van der Waals surface area contributed by atoms with Gasteiger partial charge in [0, 0.05) is 38.7 Å². The lowest BCUT2D eigenvalue weighted by molar-refractivity contribution is 0.0721. The predicted octanol–water partition coefficient (Wildman–Crippen LogP) is 1.62. The van der Waals surface area contributed by atoms with Crippen LogP contribution in [0.1, 0.15) is 23.2 Å². The summed E-state index contributed by atoms with van der Waals surface area (Å²) in [5, 5.41) is 0.274. The van der Waals surface area contributed by atoms with E-state index in [2.05, 4.69) is 9.97 Å². The number of likely N-dealkylation sites (tertiary alicyclic amines) is 1. The topological polar surface area (TPSA) is 85.2 Å². The molecule has 3 heterocycles. The van der Waals surface area contributed by atoms with Crippen LogP contribution in [0.25, 0.3) is 0 Å². The second-order valence-corrected chi connectivity index (χ2v) is 8.83. The molecule has 0 aromatic carbocycles. The summed E-state index contributed by atoms with van der Waals surface area (Å²) < 4.78 is 27.0. The van der Waals surface area contributed by atoms with E-state index in [4.69, 9.17) is 0 Å². The van der Waals surface area contributed by atoms with Crippen LogP contribution in [0.4, 0.5) is 0 Å². The van der Waals surface area contributed by atoms with Crippen molar-refractivity contribution in [2.24, 2.45) is 7.05 Å². The lowest BCUT2D eigenvalue weighted by atomic mass is 10.1. The normalized spacial score (nSPS) is 16.2. The molecule has 134 valence electrons. The first-order valence-electron chi connectivity index (χ1n) is 7.94. The molecule has 0 bridgehead atoms. The number of carbonyl (C=O) groups is 1. The smallest absolute Gasteiger partial charge is 0.256 e. The van der Waals surface area contributed by atoms with Crippen LogP contribution in [-0.4, -0.2) is 58.4 Å². The molecule has 0 N–H and O–H groups in total. The van der Waals surface area contributed by atoms with Crippen molar-refractivity contribution in [3.8, 4) is 0 Å². The van der Waals surface area contributed by atoms with Crippen LogP contribution in [0.5, 0.6) is 0 Å². The van der Waals surface area contributed by atoms with Gasteiger partial charge in [0.25, 0.3) is 5.91 Å². The highest BCUT2D eigenvalue weighted by Gasteiger charge is 2.35. The third-order valence-electron chi connectivity index (χ3n) is 4.39. The van der Waals surface area contributed by atoms with Gasteiger partial charge in [-0.1, -0.05) is 0 Å². The lowest BCUT2D eigenvalue weighted by Crippen LogP contribution is -2.43. The Bertz CT molecular complexity index is 871. The van der Waals surface area contributed by atoms with Gasteiger partial charge in [-0.25, -0.2) is 18.4 Å². The molecule has 1 fully saturated rings. The summed E-state index contributed by atoms with van der Waals surface area (Å²) in [4.78, 5) is 22.6. The second kappa shape index (κ2) is 7.17. The maximum Gasteiger partial charge on any atom is 0.256 e. The van der Waals surface area contributed by atoms with Crippen molar-refractivity contribution in [2.75, 3.05) is 19.3 Å². The van der Waals surface area contributed by atoms with Crippen molar-refractivity contribution < 1.29 is 13.2 Å². The Labute approximate surface area is 151 Å². The van der Waals surface area contributed by atoms with Gasteiger partial charge >= 0.3 is 0 Å². The zero-order valence-electron chi connectivity index (χ0n) is 14.1. The number of piperidine rings is 1. The van der Waals surface area contributed by atoms with E-state index in [0.717, 1.165) is 0 Å². The fourth-order valence-electron chi connectivity index (χ4n) is 3.03. The number of thioether (sulfide) groups is 1. The monoisotopic (exact) mass is 380 g/mol.